The average molecular weight is 667 g/mol. The zero-order valence-corrected chi connectivity index (χ0v) is 26.8. The third-order valence-corrected chi connectivity index (χ3v) is 9.70. The topological polar surface area (TPSA) is 213 Å². The number of sulfonamides is 1. The van der Waals surface area contributed by atoms with Crippen molar-refractivity contribution in [1.82, 2.24) is 9.62 Å². The molecule has 6 N–H and O–H groups in total. The normalized spacial score (nSPS) is 11.6. The van der Waals surface area contributed by atoms with Gasteiger partial charge in [-0.3, -0.25) is 10.2 Å². The average Bonchev–Trinajstić information content (AvgIpc) is 3.03. The first-order valence-corrected chi connectivity index (χ1v) is 16.6. The highest BCUT2D eigenvalue weighted by Crippen LogP contribution is 2.44. The molecule has 0 aromatic heterocycles. The Morgan fingerprint density at radius 2 is 1.64 bits per heavy atom. The maximum absolute atomic E-state index is 14.5. The van der Waals surface area contributed by atoms with Gasteiger partial charge in [0.2, 0.25) is 10.0 Å². The summed E-state index contributed by atoms with van der Waals surface area (Å²) in [6.07, 6.45) is 2.28. The number of ether oxygens (including phenoxy) is 1. The molecule has 0 unspecified atom stereocenters. The number of unbranched alkanes of at least 4 members (excludes halogenated alkanes) is 4. The Kier molecular flexibility index (Phi) is 11.6. The van der Waals surface area contributed by atoms with E-state index in [2.05, 4.69) is 10.1 Å². The number of fused-ring (bicyclic) bond motifs is 2. The van der Waals surface area contributed by atoms with Crippen molar-refractivity contribution in [3.8, 4) is 22.5 Å². The number of benzene rings is 3. The number of hydrogen-bond donors (Lipinski definition) is 5. The number of anilines is 1. The molecule has 0 radical (unpaired) electrons. The molecule has 250 valence electrons. The summed E-state index contributed by atoms with van der Waals surface area (Å²) in [4.78, 5) is 34.2. The summed E-state index contributed by atoms with van der Waals surface area (Å²) in [6, 6.07) is 14.1. The predicted molar refractivity (Wildman–Crippen MR) is 175 cm³/mol. The van der Waals surface area contributed by atoms with E-state index < -0.39 is 28.1 Å². The van der Waals surface area contributed by atoms with Crippen LogP contribution in [-0.4, -0.2) is 67.7 Å². The Bertz CT molecular complexity index is 1910. The third kappa shape index (κ3) is 8.26. The molecule has 0 saturated carbocycles. The van der Waals surface area contributed by atoms with Crippen molar-refractivity contribution >= 4 is 44.7 Å². The van der Waals surface area contributed by atoms with Gasteiger partial charge in [0.25, 0.3) is 0 Å². The molecule has 2 aromatic rings. The van der Waals surface area contributed by atoms with Gasteiger partial charge in [-0.05, 0) is 61.6 Å². The number of carbonyl (C=O) groups is 3. The lowest BCUT2D eigenvalue weighted by molar-refractivity contribution is -0.137. The molecule has 0 atom stereocenters. The molecule has 0 spiro atoms. The molecule has 2 aromatic carbocycles. The van der Waals surface area contributed by atoms with Gasteiger partial charge in [0.1, 0.15) is 5.58 Å². The van der Waals surface area contributed by atoms with E-state index in [1.165, 1.54) is 29.6 Å². The number of aromatic carboxylic acids is 1. The maximum Gasteiger partial charge on any atom is 0.406 e. The van der Waals surface area contributed by atoms with Crippen molar-refractivity contribution in [2.75, 3.05) is 32.5 Å². The molecule has 14 heteroatoms. The smallest absolute Gasteiger partial charge is 0.406 e. The summed E-state index contributed by atoms with van der Waals surface area (Å²) in [5.41, 5.74) is 7.70. The Labute approximate surface area is 271 Å². The van der Waals surface area contributed by atoms with Gasteiger partial charge in [-0.25, -0.2) is 18.0 Å². The summed E-state index contributed by atoms with van der Waals surface area (Å²) >= 11 is 0. The molecule has 0 fully saturated rings. The number of alkyl carbamates (subject to hydrolysis) is 1. The van der Waals surface area contributed by atoms with Gasteiger partial charge >= 0.3 is 18.0 Å². The number of nitrogen functional groups attached to an aromatic ring is 1. The highest BCUT2D eigenvalue weighted by atomic mass is 32.2. The van der Waals surface area contributed by atoms with Crippen molar-refractivity contribution in [2.24, 2.45) is 0 Å². The Morgan fingerprint density at radius 3 is 2.32 bits per heavy atom. The highest BCUT2D eigenvalue weighted by molar-refractivity contribution is 7.89. The van der Waals surface area contributed by atoms with Crippen LogP contribution >= 0.6 is 0 Å². The Balaban J connectivity index is 1.80. The van der Waals surface area contributed by atoms with Crippen LogP contribution in [0.15, 0.2) is 63.9 Å². The van der Waals surface area contributed by atoms with E-state index >= 15 is 0 Å². The number of nitrogens with zero attached hydrogens (tertiary/aromatic N) is 1. The summed E-state index contributed by atoms with van der Waals surface area (Å²) in [5, 5.41) is 30.6. The van der Waals surface area contributed by atoms with Crippen LogP contribution in [0.5, 0.6) is 0 Å². The van der Waals surface area contributed by atoms with Crippen LogP contribution in [0.3, 0.4) is 0 Å². The van der Waals surface area contributed by atoms with Gasteiger partial charge in [0.15, 0.2) is 10.7 Å². The molecular weight excluding hydrogens is 628 g/mol. The first kappa shape index (κ1) is 34.9. The van der Waals surface area contributed by atoms with Gasteiger partial charge in [-0.1, -0.05) is 31.0 Å². The SMILES string of the molecule is COC(=O)NCCCCCN(CCCCCC(=O)O)S(=O)(=O)c1c2oc3cc(N)ccc3c(-c3ccccc3C(=O)O)c-2ccc1=N. The monoisotopic (exact) mass is 666 g/mol. The van der Waals surface area contributed by atoms with Gasteiger partial charge in [-0.15, -0.1) is 0 Å². The molecule has 0 bridgehead atoms. The number of aliphatic carboxylic acids is 1. The van der Waals surface area contributed by atoms with Crippen LogP contribution < -0.4 is 16.4 Å². The first-order chi connectivity index (χ1) is 22.4. The summed E-state index contributed by atoms with van der Waals surface area (Å²) in [7, 11) is -3.11. The van der Waals surface area contributed by atoms with Gasteiger partial charge in [0.05, 0.1) is 18.0 Å². The minimum atomic E-state index is -4.38. The van der Waals surface area contributed by atoms with E-state index in [-0.39, 0.29) is 46.7 Å². The molecule has 1 aliphatic heterocycles. The molecule has 2 aliphatic rings. The molecule has 4 rings (SSSR count). The largest absolute Gasteiger partial charge is 0.481 e. The lowest BCUT2D eigenvalue weighted by atomic mass is 9.90. The highest BCUT2D eigenvalue weighted by Gasteiger charge is 2.33. The van der Waals surface area contributed by atoms with E-state index in [1.807, 2.05) is 0 Å². The van der Waals surface area contributed by atoms with E-state index in [0.717, 1.165) is 0 Å². The van der Waals surface area contributed by atoms with Crippen LogP contribution in [0.25, 0.3) is 33.4 Å². The summed E-state index contributed by atoms with van der Waals surface area (Å²) in [5.74, 6) is -2.21. The maximum atomic E-state index is 14.5. The first-order valence-electron chi connectivity index (χ1n) is 15.2. The number of carboxylic acids is 2. The zero-order chi connectivity index (χ0) is 34.1. The second kappa shape index (κ2) is 15.6. The second-order valence-corrected chi connectivity index (χ2v) is 12.9. The fraction of sp³-hybridized carbons (Fsp3) is 0.333. The van der Waals surface area contributed by atoms with E-state index in [1.54, 1.807) is 36.4 Å². The predicted octanol–water partition coefficient (Wildman–Crippen LogP) is 5.13. The van der Waals surface area contributed by atoms with Crippen LogP contribution in [-0.2, 0) is 19.6 Å². The van der Waals surface area contributed by atoms with Crippen LogP contribution in [0, 0.1) is 5.41 Å². The minimum Gasteiger partial charge on any atom is -0.481 e. The molecule has 1 aliphatic carbocycles. The van der Waals surface area contributed by atoms with Crippen LogP contribution in [0.2, 0.25) is 0 Å². The molecule has 1 heterocycles. The number of rotatable bonds is 16. The molecule has 1 amide bonds. The lowest BCUT2D eigenvalue weighted by Crippen LogP contribution is -2.36. The van der Waals surface area contributed by atoms with Crippen LogP contribution in [0.1, 0.15) is 55.3 Å². The van der Waals surface area contributed by atoms with E-state index in [4.69, 9.17) is 20.7 Å². The van der Waals surface area contributed by atoms with Gasteiger partial charge < -0.3 is 30.4 Å². The number of nitrogens with one attached hydrogen (secondary N) is 2. The number of hydrogen-bond acceptors (Lipinski definition) is 9. The van der Waals surface area contributed by atoms with Crippen molar-refractivity contribution in [3.05, 3.63) is 65.5 Å². The second-order valence-electron chi connectivity index (χ2n) is 11.0. The molecular formula is C33H38N4O9S. The molecule has 13 nitrogen and oxygen atoms in total. The zero-order valence-electron chi connectivity index (χ0n) is 26.0. The van der Waals surface area contributed by atoms with Crippen molar-refractivity contribution in [1.29, 1.82) is 5.41 Å². The fourth-order valence-corrected chi connectivity index (χ4v) is 7.18. The third-order valence-electron chi connectivity index (χ3n) is 7.73. The fourth-order valence-electron chi connectivity index (χ4n) is 5.45. The van der Waals surface area contributed by atoms with E-state index in [0.29, 0.717) is 72.8 Å². The van der Waals surface area contributed by atoms with Gasteiger partial charge in [-0.2, -0.15) is 4.31 Å². The number of carboxylic acid groups (broad SMARTS) is 2. The van der Waals surface area contributed by atoms with Gasteiger partial charge in [0, 0.05) is 54.3 Å². The van der Waals surface area contributed by atoms with E-state index in [9.17, 15) is 27.9 Å². The summed E-state index contributed by atoms with van der Waals surface area (Å²) in [6.45, 7) is 0.530. The quantitative estimate of drug-likeness (QED) is 0.0604. The minimum absolute atomic E-state index is 0.00200. The standard InChI is InChI=1S/C33H38N4O9S/c1-45-33(42)36-17-7-3-9-19-37(18-8-2-4-12-28(38)39)47(43,44)31-26(35)16-15-25-29(22-10-5-6-11-23(22)32(40)41)24-14-13-21(34)20-27(24)46-30(25)31/h5-6,10-11,13-16,20,35H,2-4,7-9,12,17-19,34H2,1H3,(H,36,42)(H,38,39)(H,40,41). The number of methoxy groups -OCH3 is 1. The summed E-state index contributed by atoms with van der Waals surface area (Å²) < 4.78 is 41.0. The number of carbonyl (C=O) groups excluding carboxylic acids is 1. The lowest BCUT2D eigenvalue weighted by Gasteiger charge is -2.25. The molecule has 47 heavy (non-hydrogen) atoms. The molecule has 0 saturated heterocycles. The number of amides is 1. The number of nitrogens with two attached hydrogens (primary N) is 1. The van der Waals surface area contributed by atoms with Crippen molar-refractivity contribution < 1.29 is 42.2 Å². The van der Waals surface area contributed by atoms with Crippen LogP contribution in [0.4, 0.5) is 10.5 Å². The van der Waals surface area contributed by atoms with Crippen molar-refractivity contribution in [2.45, 2.75) is 49.8 Å². The van der Waals surface area contributed by atoms with Crippen molar-refractivity contribution in [3.63, 3.8) is 0 Å². The Hall–Kier alpha value is -4.95. The Morgan fingerprint density at radius 1 is 0.936 bits per heavy atom.